The molecule has 0 saturated heterocycles. The monoisotopic (exact) mass is 166 g/mol. The minimum atomic E-state index is 0.815. The Labute approximate surface area is 72.3 Å². The summed E-state index contributed by atoms with van der Waals surface area (Å²) in [6, 6.07) is 0. The van der Waals surface area contributed by atoms with Crippen molar-refractivity contribution in [3.63, 3.8) is 0 Å². The third kappa shape index (κ3) is 2.82. The fourth-order valence-electron chi connectivity index (χ4n) is 0.913. The number of tetrazole rings is 1. The molecule has 0 amide bonds. The molecule has 0 bridgehead atoms. The first-order valence-electron chi connectivity index (χ1n) is 4.04. The van der Waals surface area contributed by atoms with E-state index in [1.807, 2.05) is 0 Å². The molecule has 0 aliphatic heterocycles. The van der Waals surface area contributed by atoms with Crippen LogP contribution < -0.4 is 0 Å². The molecule has 1 rings (SSSR count). The molecule has 0 spiro atoms. The van der Waals surface area contributed by atoms with E-state index in [1.54, 1.807) is 7.05 Å². The van der Waals surface area contributed by atoms with Gasteiger partial charge in [0.15, 0.2) is 5.82 Å². The lowest BCUT2D eigenvalue weighted by Crippen LogP contribution is -1.93. The summed E-state index contributed by atoms with van der Waals surface area (Å²) in [5, 5.41) is 11.7. The van der Waals surface area contributed by atoms with Crippen LogP contribution in [0.4, 0.5) is 0 Å². The van der Waals surface area contributed by atoms with Gasteiger partial charge in [0.1, 0.15) is 0 Å². The minimum absolute atomic E-state index is 0.815. The molecule has 0 radical (unpaired) electrons. The largest absolute Gasteiger partial charge is 0.175 e. The molecule has 1 aromatic heterocycles. The second-order valence-corrected chi connectivity index (χ2v) is 3.02. The predicted molar refractivity (Wildman–Crippen MR) is 46.6 cm³/mol. The number of nitrogens with zero attached hydrogens (tertiary/aromatic N) is 4. The molecule has 1 heterocycles. The molecule has 0 N–H and O–H groups in total. The maximum absolute atomic E-state index is 4.07. The zero-order chi connectivity index (χ0) is 8.97. The minimum Gasteiger partial charge on any atom is -0.167 e. The van der Waals surface area contributed by atoms with Crippen LogP contribution in [0.2, 0.25) is 0 Å². The molecular weight excluding hydrogens is 152 g/mol. The first-order chi connectivity index (χ1) is 5.68. The molecule has 0 aliphatic carbocycles. The van der Waals surface area contributed by atoms with Crippen LogP contribution in [0, 0.1) is 0 Å². The normalized spacial score (nSPS) is 9.92. The van der Waals surface area contributed by atoms with Crippen molar-refractivity contribution in [2.75, 3.05) is 0 Å². The van der Waals surface area contributed by atoms with Gasteiger partial charge < -0.3 is 0 Å². The zero-order valence-corrected chi connectivity index (χ0v) is 7.78. The number of hydrogen-bond acceptors (Lipinski definition) is 3. The maximum Gasteiger partial charge on any atom is 0.175 e. The Morgan fingerprint density at radius 1 is 1.50 bits per heavy atom. The smallest absolute Gasteiger partial charge is 0.167 e. The molecule has 0 aliphatic rings. The van der Waals surface area contributed by atoms with Gasteiger partial charge in [-0.05, 0) is 25.5 Å². The lowest BCUT2D eigenvalue weighted by Gasteiger charge is -1.89. The van der Waals surface area contributed by atoms with Gasteiger partial charge in [0.2, 0.25) is 0 Å². The Bertz CT molecular complexity index is 270. The Hall–Kier alpha value is -1.19. The molecule has 4 heteroatoms. The molecule has 0 fully saturated rings. The summed E-state index contributed by atoms with van der Waals surface area (Å²) in [7, 11) is 1.78. The summed E-state index contributed by atoms with van der Waals surface area (Å²) >= 11 is 0. The second-order valence-electron chi connectivity index (χ2n) is 3.02. The molecule has 0 saturated carbocycles. The summed E-state index contributed by atoms with van der Waals surface area (Å²) in [4.78, 5) is 1.48. The van der Waals surface area contributed by atoms with Crippen LogP contribution in [0.5, 0.6) is 0 Å². The van der Waals surface area contributed by atoms with Crippen LogP contribution in [-0.4, -0.2) is 20.2 Å². The van der Waals surface area contributed by atoms with E-state index in [1.165, 1.54) is 10.4 Å². The van der Waals surface area contributed by atoms with Crippen LogP contribution in [0.25, 0.3) is 0 Å². The summed E-state index contributed by atoms with van der Waals surface area (Å²) in [6.45, 7) is 4.17. The van der Waals surface area contributed by atoms with Gasteiger partial charge in [0, 0.05) is 6.42 Å². The highest BCUT2D eigenvalue weighted by atomic mass is 15.6. The van der Waals surface area contributed by atoms with Crippen molar-refractivity contribution >= 4 is 0 Å². The molecule has 0 unspecified atom stereocenters. The van der Waals surface area contributed by atoms with Gasteiger partial charge in [0.25, 0.3) is 0 Å². The first kappa shape index (κ1) is 8.90. The van der Waals surface area contributed by atoms with Crippen LogP contribution >= 0.6 is 0 Å². The number of aryl methyl sites for hydroxylation is 2. The number of aromatic nitrogens is 4. The van der Waals surface area contributed by atoms with Crippen LogP contribution in [0.3, 0.4) is 0 Å². The van der Waals surface area contributed by atoms with Gasteiger partial charge in [-0.3, -0.25) is 0 Å². The van der Waals surface area contributed by atoms with Gasteiger partial charge in [-0.1, -0.05) is 11.6 Å². The highest BCUT2D eigenvalue weighted by Gasteiger charge is 1.97. The van der Waals surface area contributed by atoms with E-state index < -0.39 is 0 Å². The van der Waals surface area contributed by atoms with Crippen LogP contribution in [0.1, 0.15) is 26.1 Å². The van der Waals surface area contributed by atoms with E-state index in [-0.39, 0.29) is 0 Å². The number of allylic oxidation sites excluding steroid dienone is 2. The average molecular weight is 166 g/mol. The topological polar surface area (TPSA) is 43.6 Å². The molecule has 12 heavy (non-hydrogen) atoms. The SMILES string of the molecule is CC(C)=CCCc1nnn(C)n1. The van der Waals surface area contributed by atoms with E-state index in [4.69, 9.17) is 0 Å². The maximum atomic E-state index is 4.07. The van der Waals surface area contributed by atoms with Crippen molar-refractivity contribution in [3.8, 4) is 0 Å². The quantitative estimate of drug-likeness (QED) is 0.632. The summed E-state index contributed by atoms with van der Waals surface area (Å²) in [5.74, 6) is 0.815. The molecule has 0 aromatic carbocycles. The first-order valence-corrected chi connectivity index (χ1v) is 4.04. The van der Waals surface area contributed by atoms with Crippen LogP contribution in [-0.2, 0) is 13.5 Å². The zero-order valence-electron chi connectivity index (χ0n) is 7.78. The van der Waals surface area contributed by atoms with Crippen LogP contribution in [0.15, 0.2) is 11.6 Å². The Kier molecular flexibility index (Phi) is 2.96. The van der Waals surface area contributed by atoms with Gasteiger partial charge in [-0.25, -0.2) is 0 Å². The molecular formula is C8H14N4. The lowest BCUT2D eigenvalue weighted by atomic mass is 10.2. The molecule has 66 valence electrons. The summed E-state index contributed by atoms with van der Waals surface area (Å²) in [5.41, 5.74) is 1.33. The Balaban J connectivity index is 2.38. The van der Waals surface area contributed by atoms with Gasteiger partial charge >= 0.3 is 0 Å². The highest BCUT2D eigenvalue weighted by molar-refractivity contribution is 4.94. The van der Waals surface area contributed by atoms with Gasteiger partial charge in [0.05, 0.1) is 7.05 Å². The van der Waals surface area contributed by atoms with E-state index in [0.717, 1.165) is 18.7 Å². The van der Waals surface area contributed by atoms with Crippen molar-refractivity contribution < 1.29 is 0 Å². The van der Waals surface area contributed by atoms with E-state index in [0.29, 0.717) is 0 Å². The van der Waals surface area contributed by atoms with Crippen molar-refractivity contribution in [3.05, 3.63) is 17.5 Å². The predicted octanol–water partition coefficient (Wildman–Crippen LogP) is 1.11. The van der Waals surface area contributed by atoms with Gasteiger partial charge in [-0.15, -0.1) is 10.2 Å². The number of hydrogen-bond donors (Lipinski definition) is 0. The van der Waals surface area contributed by atoms with E-state index >= 15 is 0 Å². The molecule has 4 nitrogen and oxygen atoms in total. The van der Waals surface area contributed by atoms with E-state index in [9.17, 15) is 0 Å². The van der Waals surface area contributed by atoms with E-state index in [2.05, 4.69) is 35.3 Å². The standard InChI is InChI=1S/C8H14N4/c1-7(2)5-4-6-8-9-11-12(3)10-8/h5H,4,6H2,1-3H3. The molecule has 0 atom stereocenters. The van der Waals surface area contributed by atoms with Crippen molar-refractivity contribution in [1.29, 1.82) is 0 Å². The Morgan fingerprint density at radius 3 is 2.75 bits per heavy atom. The van der Waals surface area contributed by atoms with Crippen molar-refractivity contribution in [2.45, 2.75) is 26.7 Å². The fraction of sp³-hybridized carbons (Fsp3) is 0.625. The third-order valence-corrected chi connectivity index (χ3v) is 1.47. The average Bonchev–Trinajstić information content (AvgIpc) is 2.35. The highest BCUT2D eigenvalue weighted by Crippen LogP contribution is 1.97. The van der Waals surface area contributed by atoms with Crippen molar-refractivity contribution in [2.24, 2.45) is 7.05 Å². The van der Waals surface area contributed by atoms with Gasteiger partial charge in [-0.2, -0.15) is 4.80 Å². The molecule has 1 aromatic rings. The Morgan fingerprint density at radius 2 is 2.25 bits per heavy atom. The summed E-state index contributed by atoms with van der Waals surface area (Å²) < 4.78 is 0. The number of rotatable bonds is 3. The lowest BCUT2D eigenvalue weighted by molar-refractivity contribution is 0.627. The second kappa shape index (κ2) is 3.99. The summed E-state index contributed by atoms with van der Waals surface area (Å²) in [6.07, 6.45) is 4.05. The van der Waals surface area contributed by atoms with Crippen molar-refractivity contribution in [1.82, 2.24) is 20.2 Å². The third-order valence-electron chi connectivity index (χ3n) is 1.47. The fourth-order valence-corrected chi connectivity index (χ4v) is 0.913.